The first-order valence-electron chi connectivity index (χ1n) is 8.29. The van der Waals surface area contributed by atoms with Gasteiger partial charge in [0.25, 0.3) is 11.8 Å². The summed E-state index contributed by atoms with van der Waals surface area (Å²) >= 11 is 0. The van der Waals surface area contributed by atoms with E-state index in [4.69, 9.17) is 4.74 Å². The van der Waals surface area contributed by atoms with Crippen LogP contribution in [0.15, 0.2) is 73.1 Å². The Morgan fingerprint density at radius 2 is 1.63 bits per heavy atom. The molecule has 2 N–H and O–H groups in total. The van der Waals surface area contributed by atoms with Crippen molar-refractivity contribution in [1.82, 2.24) is 15.4 Å². The fourth-order valence-corrected chi connectivity index (χ4v) is 2.37. The monoisotopic (exact) mass is 367 g/mol. The molecule has 1 unspecified atom stereocenters. The van der Waals surface area contributed by atoms with Crippen molar-refractivity contribution in [2.24, 2.45) is 0 Å². The molecule has 27 heavy (non-hydrogen) atoms. The number of carbonyl (C=O) groups is 2. The maximum absolute atomic E-state index is 13.6. The van der Waals surface area contributed by atoms with E-state index in [0.717, 1.165) is 5.69 Å². The summed E-state index contributed by atoms with van der Waals surface area (Å²) in [7, 11) is 0. The SMILES string of the molecule is CC(Oc1ccccc1F)C(=O)NNC(=O)c1ccc(-n2cccc2)cc1. The first-order valence-corrected chi connectivity index (χ1v) is 8.29. The predicted molar refractivity (Wildman–Crippen MR) is 97.9 cm³/mol. The van der Waals surface area contributed by atoms with Crippen molar-refractivity contribution < 1.29 is 18.7 Å². The van der Waals surface area contributed by atoms with Crippen LogP contribution < -0.4 is 15.6 Å². The van der Waals surface area contributed by atoms with Gasteiger partial charge in [-0.15, -0.1) is 0 Å². The Hall–Kier alpha value is -3.61. The number of aromatic nitrogens is 1. The van der Waals surface area contributed by atoms with Crippen LogP contribution in [0.3, 0.4) is 0 Å². The Balaban J connectivity index is 1.53. The fourth-order valence-electron chi connectivity index (χ4n) is 2.37. The summed E-state index contributed by atoms with van der Waals surface area (Å²) < 4.78 is 20.7. The minimum atomic E-state index is -0.988. The standard InChI is InChI=1S/C20H18FN3O3/c1-14(27-18-7-3-2-6-17(18)21)19(25)22-23-20(26)15-8-10-16(11-9-15)24-12-4-5-13-24/h2-14H,1H3,(H,22,25)(H,23,26). The molecule has 2 aromatic carbocycles. The van der Waals surface area contributed by atoms with Crippen LogP contribution in [0.5, 0.6) is 5.75 Å². The quantitative estimate of drug-likeness (QED) is 0.681. The van der Waals surface area contributed by atoms with Gasteiger partial charge in [0.05, 0.1) is 0 Å². The summed E-state index contributed by atoms with van der Waals surface area (Å²) in [5, 5.41) is 0. The number of hydrogen-bond donors (Lipinski definition) is 2. The maximum Gasteiger partial charge on any atom is 0.279 e. The van der Waals surface area contributed by atoms with Crippen molar-refractivity contribution in [3.8, 4) is 11.4 Å². The van der Waals surface area contributed by atoms with Crippen LogP contribution >= 0.6 is 0 Å². The lowest BCUT2D eigenvalue weighted by molar-refractivity contribution is -0.128. The number of halogens is 1. The molecule has 0 saturated carbocycles. The highest BCUT2D eigenvalue weighted by Gasteiger charge is 2.17. The number of carbonyl (C=O) groups excluding carboxylic acids is 2. The largest absolute Gasteiger partial charge is 0.478 e. The van der Waals surface area contributed by atoms with E-state index >= 15 is 0 Å². The lowest BCUT2D eigenvalue weighted by atomic mass is 10.2. The average molecular weight is 367 g/mol. The van der Waals surface area contributed by atoms with E-state index in [1.165, 1.54) is 25.1 Å². The van der Waals surface area contributed by atoms with Gasteiger partial charge in [-0.1, -0.05) is 12.1 Å². The normalized spacial score (nSPS) is 11.5. The van der Waals surface area contributed by atoms with Crippen LogP contribution in [0.25, 0.3) is 5.69 Å². The van der Waals surface area contributed by atoms with Gasteiger partial charge in [-0.05, 0) is 55.5 Å². The van der Waals surface area contributed by atoms with Crippen molar-refractivity contribution in [2.75, 3.05) is 0 Å². The number of amides is 2. The van der Waals surface area contributed by atoms with Gasteiger partial charge in [0.15, 0.2) is 17.7 Å². The third-order valence-corrected chi connectivity index (χ3v) is 3.84. The summed E-state index contributed by atoms with van der Waals surface area (Å²) in [5.74, 6) is -1.67. The summed E-state index contributed by atoms with van der Waals surface area (Å²) in [5.41, 5.74) is 5.88. The Labute approximate surface area is 155 Å². The predicted octanol–water partition coefficient (Wildman–Crippen LogP) is 2.84. The van der Waals surface area contributed by atoms with E-state index in [0.29, 0.717) is 5.56 Å². The highest BCUT2D eigenvalue weighted by atomic mass is 19.1. The third kappa shape index (κ3) is 4.52. The van der Waals surface area contributed by atoms with Gasteiger partial charge < -0.3 is 9.30 Å². The average Bonchev–Trinajstić information content (AvgIpc) is 3.22. The van der Waals surface area contributed by atoms with Crippen molar-refractivity contribution in [3.63, 3.8) is 0 Å². The minimum Gasteiger partial charge on any atom is -0.478 e. The smallest absolute Gasteiger partial charge is 0.279 e. The van der Waals surface area contributed by atoms with Gasteiger partial charge in [0.1, 0.15) is 0 Å². The molecule has 0 bridgehead atoms. The van der Waals surface area contributed by atoms with Crippen LogP contribution in [0.2, 0.25) is 0 Å². The molecular formula is C20H18FN3O3. The third-order valence-electron chi connectivity index (χ3n) is 3.84. The number of benzene rings is 2. The molecule has 0 radical (unpaired) electrons. The first kappa shape index (κ1) is 18.2. The number of para-hydroxylation sites is 1. The molecule has 0 aliphatic carbocycles. The number of rotatable bonds is 5. The number of ether oxygens (including phenoxy) is 1. The number of nitrogens with zero attached hydrogens (tertiary/aromatic N) is 1. The zero-order valence-corrected chi connectivity index (χ0v) is 14.6. The molecule has 0 aliphatic heterocycles. The highest BCUT2D eigenvalue weighted by molar-refractivity contribution is 5.95. The first-order chi connectivity index (χ1) is 13.0. The Kier molecular flexibility index (Phi) is 5.51. The lowest BCUT2D eigenvalue weighted by Gasteiger charge is -2.15. The number of hydrogen-bond acceptors (Lipinski definition) is 3. The molecule has 1 aromatic heterocycles. The second kappa shape index (κ2) is 8.18. The van der Waals surface area contributed by atoms with Crippen molar-refractivity contribution >= 4 is 11.8 Å². The molecule has 0 saturated heterocycles. The van der Waals surface area contributed by atoms with Gasteiger partial charge in [-0.3, -0.25) is 20.4 Å². The molecule has 3 rings (SSSR count). The molecule has 138 valence electrons. The van der Waals surface area contributed by atoms with E-state index in [2.05, 4.69) is 10.9 Å². The fraction of sp³-hybridized carbons (Fsp3) is 0.100. The summed E-state index contributed by atoms with van der Waals surface area (Å²) in [6.07, 6.45) is 2.80. The number of hydrazine groups is 1. The van der Waals surface area contributed by atoms with E-state index < -0.39 is 23.7 Å². The molecule has 1 atom stereocenters. The van der Waals surface area contributed by atoms with E-state index in [-0.39, 0.29) is 5.75 Å². The molecule has 0 spiro atoms. The van der Waals surface area contributed by atoms with Gasteiger partial charge in [0, 0.05) is 23.6 Å². The van der Waals surface area contributed by atoms with Crippen LogP contribution in [0.4, 0.5) is 4.39 Å². The van der Waals surface area contributed by atoms with E-state index in [9.17, 15) is 14.0 Å². The van der Waals surface area contributed by atoms with Crippen molar-refractivity contribution in [3.05, 3.63) is 84.4 Å². The van der Waals surface area contributed by atoms with Crippen molar-refractivity contribution in [2.45, 2.75) is 13.0 Å². The summed E-state index contributed by atoms with van der Waals surface area (Å²) in [6.45, 7) is 1.46. The Bertz CT molecular complexity index is 924. The second-order valence-corrected chi connectivity index (χ2v) is 5.77. The van der Waals surface area contributed by atoms with Crippen LogP contribution in [-0.4, -0.2) is 22.5 Å². The molecule has 1 heterocycles. The molecule has 3 aromatic rings. The minimum absolute atomic E-state index is 0.0351. The van der Waals surface area contributed by atoms with Crippen LogP contribution in [0, 0.1) is 5.82 Å². The van der Waals surface area contributed by atoms with E-state index in [1.54, 1.807) is 30.3 Å². The van der Waals surface area contributed by atoms with Gasteiger partial charge in [-0.25, -0.2) is 4.39 Å². The molecule has 6 nitrogen and oxygen atoms in total. The summed E-state index contributed by atoms with van der Waals surface area (Å²) in [4.78, 5) is 24.2. The number of nitrogens with one attached hydrogen (secondary N) is 2. The summed E-state index contributed by atoms with van der Waals surface area (Å²) in [6, 6.07) is 16.5. The van der Waals surface area contributed by atoms with Gasteiger partial charge in [-0.2, -0.15) is 0 Å². The maximum atomic E-state index is 13.6. The molecular weight excluding hydrogens is 349 g/mol. The zero-order chi connectivity index (χ0) is 19.2. The Morgan fingerprint density at radius 3 is 2.30 bits per heavy atom. The van der Waals surface area contributed by atoms with Gasteiger partial charge >= 0.3 is 0 Å². The van der Waals surface area contributed by atoms with Crippen LogP contribution in [-0.2, 0) is 4.79 Å². The Morgan fingerprint density at radius 1 is 0.963 bits per heavy atom. The zero-order valence-electron chi connectivity index (χ0n) is 14.6. The topological polar surface area (TPSA) is 72.4 Å². The highest BCUT2D eigenvalue weighted by Crippen LogP contribution is 2.17. The van der Waals surface area contributed by atoms with Crippen LogP contribution in [0.1, 0.15) is 17.3 Å². The van der Waals surface area contributed by atoms with Gasteiger partial charge in [0.2, 0.25) is 0 Å². The molecule has 2 amide bonds. The molecule has 7 heteroatoms. The molecule has 0 aliphatic rings. The van der Waals surface area contributed by atoms with E-state index in [1.807, 2.05) is 29.1 Å². The van der Waals surface area contributed by atoms with Crippen molar-refractivity contribution in [1.29, 1.82) is 0 Å². The second-order valence-electron chi connectivity index (χ2n) is 5.77. The molecule has 0 fully saturated rings. The lowest BCUT2D eigenvalue weighted by Crippen LogP contribution is -2.47.